The number of esters is 1. The summed E-state index contributed by atoms with van der Waals surface area (Å²) in [5.74, 6) is -0.432. The van der Waals surface area contributed by atoms with E-state index in [1.165, 1.54) is 0 Å². The molecular weight excluding hydrogens is 250 g/mol. The first-order valence-corrected chi connectivity index (χ1v) is 6.39. The van der Waals surface area contributed by atoms with Crippen LogP contribution in [0.1, 0.15) is 27.2 Å². The van der Waals surface area contributed by atoms with Gasteiger partial charge in [-0.05, 0) is 12.8 Å². The molecule has 3 amide bonds. The van der Waals surface area contributed by atoms with Crippen LogP contribution in [0.25, 0.3) is 0 Å². The largest absolute Gasteiger partial charge is 0.466 e. The maximum absolute atomic E-state index is 11.3. The maximum atomic E-state index is 11.3. The Balaban J connectivity index is 3.59. The number of hydrogen-bond acceptors (Lipinski definition) is 5. The summed E-state index contributed by atoms with van der Waals surface area (Å²) in [5.41, 5.74) is 0. The minimum atomic E-state index is -0.508. The lowest BCUT2D eigenvalue weighted by molar-refractivity contribution is -0.143. The number of carbonyl (C=O) groups is 3. The number of amides is 3. The summed E-state index contributed by atoms with van der Waals surface area (Å²) < 4.78 is 4.72. The zero-order chi connectivity index (χ0) is 14.7. The molecule has 7 heteroatoms. The van der Waals surface area contributed by atoms with Gasteiger partial charge in [0, 0.05) is 13.1 Å². The highest BCUT2D eigenvalue weighted by atomic mass is 16.5. The summed E-state index contributed by atoms with van der Waals surface area (Å²) >= 11 is 0. The van der Waals surface area contributed by atoms with E-state index in [0.29, 0.717) is 25.6 Å². The Hall–Kier alpha value is -1.63. The molecule has 0 fully saturated rings. The molecule has 0 aliphatic heterocycles. The number of rotatable bonds is 8. The van der Waals surface area contributed by atoms with E-state index >= 15 is 0 Å². The van der Waals surface area contributed by atoms with Crippen LogP contribution in [0.3, 0.4) is 0 Å². The van der Waals surface area contributed by atoms with Gasteiger partial charge in [-0.25, -0.2) is 4.79 Å². The standard InChI is InChI=1S/C12H23N3O4/c1-4-19-11(17)5-6-13-8-10(16)15-12(18)14-7-9(2)3/h9,13H,4-8H2,1-3H3,(H2,14,15,16,18). The normalized spacial score (nSPS) is 10.1. The van der Waals surface area contributed by atoms with Crippen LogP contribution in [0.5, 0.6) is 0 Å². The van der Waals surface area contributed by atoms with Crippen molar-refractivity contribution in [2.45, 2.75) is 27.2 Å². The molecule has 0 aromatic heterocycles. The molecular formula is C12H23N3O4. The van der Waals surface area contributed by atoms with Crippen molar-refractivity contribution in [1.82, 2.24) is 16.0 Å². The Morgan fingerprint density at radius 1 is 1.21 bits per heavy atom. The van der Waals surface area contributed by atoms with Crippen LogP contribution in [0.2, 0.25) is 0 Å². The van der Waals surface area contributed by atoms with Crippen LogP contribution >= 0.6 is 0 Å². The second-order valence-electron chi connectivity index (χ2n) is 4.38. The molecule has 0 rings (SSSR count). The van der Waals surface area contributed by atoms with E-state index in [9.17, 15) is 14.4 Å². The number of ether oxygens (including phenoxy) is 1. The minimum Gasteiger partial charge on any atom is -0.466 e. The van der Waals surface area contributed by atoms with Gasteiger partial charge in [0.15, 0.2) is 0 Å². The predicted octanol–water partition coefficient (Wildman–Crippen LogP) is 0.0110. The zero-order valence-corrected chi connectivity index (χ0v) is 11.7. The lowest BCUT2D eigenvalue weighted by Crippen LogP contribution is -2.44. The van der Waals surface area contributed by atoms with Crippen LogP contribution < -0.4 is 16.0 Å². The van der Waals surface area contributed by atoms with Crippen molar-refractivity contribution in [2.24, 2.45) is 5.92 Å². The SMILES string of the molecule is CCOC(=O)CCNCC(=O)NC(=O)NCC(C)C. The number of urea groups is 1. The number of carbonyl (C=O) groups excluding carboxylic acids is 3. The van der Waals surface area contributed by atoms with Gasteiger partial charge < -0.3 is 15.4 Å². The summed E-state index contributed by atoms with van der Waals surface area (Å²) in [6.07, 6.45) is 0.195. The fourth-order valence-electron chi connectivity index (χ4n) is 1.14. The molecule has 0 spiro atoms. The van der Waals surface area contributed by atoms with Crippen molar-refractivity contribution in [3.05, 3.63) is 0 Å². The molecule has 110 valence electrons. The third-order valence-corrected chi connectivity index (χ3v) is 2.02. The number of imide groups is 1. The molecule has 0 bridgehead atoms. The molecule has 0 atom stereocenters. The Morgan fingerprint density at radius 2 is 1.89 bits per heavy atom. The fourth-order valence-corrected chi connectivity index (χ4v) is 1.14. The van der Waals surface area contributed by atoms with E-state index in [1.807, 2.05) is 13.8 Å². The molecule has 0 aliphatic rings. The van der Waals surface area contributed by atoms with E-state index < -0.39 is 11.9 Å². The van der Waals surface area contributed by atoms with E-state index in [-0.39, 0.29) is 18.9 Å². The molecule has 0 aliphatic carbocycles. The maximum Gasteiger partial charge on any atom is 0.321 e. The van der Waals surface area contributed by atoms with Crippen molar-refractivity contribution in [1.29, 1.82) is 0 Å². The molecule has 0 saturated heterocycles. The molecule has 3 N–H and O–H groups in total. The molecule has 0 saturated carbocycles. The van der Waals surface area contributed by atoms with Crippen molar-refractivity contribution in [3.63, 3.8) is 0 Å². The first kappa shape index (κ1) is 17.4. The van der Waals surface area contributed by atoms with Crippen LogP contribution in [0.15, 0.2) is 0 Å². The van der Waals surface area contributed by atoms with Crippen LogP contribution in [0, 0.1) is 5.92 Å². The van der Waals surface area contributed by atoms with Crippen molar-refractivity contribution in [2.75, 3.05) is 26.2 Å². The van der Waals surface area contributed by atoms with Gasteiger partial charge in [0.1, 0.15) is 0 Å². The van der Waals surface area contributed by atoms with E-state index in [0.717, 1.165) is 0 Å². The first-order chi connectivity index (χ1) is 8.95. The van der Waals surface area contributed by atoms with E-state index in [1.54, 1.807) is 6.92 Å². The summed E-state index contributed by atoms with van der Waals surface area (Å²) in [6, 6.07) is -0.508. The molecule has 0 heterocycles. The smallest absolute Gasteiger partial charge is 0.321 e. The number of hydrogen-bond donors (Lipinski definition) is 3. The van der Waals surface area contributed by atoms with Crippen molar-refractivity contribution < 1.29 is 19.1 Å². The highest BCUT2D eigenvalue weighted by Crippen LogP contribution is 1.86. The topological polar surface area (TPSA) is 96.5 Å². The van der Waals surface area contributed by atoms with E-state index in [2.05, 4.69) is 16.0 Å². The third kappa shape index (κ3) is 11.2. The quantitative estimate of drug-likeness (QED) is 0.427. The highest BCUT2D eigenvalue weighted by molar-refractivity contribution is 5.95. The predicted molar refractivity (Wildman–Crippen MR) is 70.5 cm³/mol. The lowest BCUT2D eigenvalue weighted by atomic mass is 10.2. The molecule has 0 aromatic carbocycles. The summed E-state index contributed by atoms with van der Waals surface area (Å²) in [7, 11) is 0. The summed E-state index contributed by atoms with van der Waals surface area (Å²) in [6.45, 7) is 6.81. The van der Waals surface area contributed by atoms with Crippen LogP contribution in [0.4, 0.5) is 4.79 Å². The van der Waals surface area contributed by atoms with Gasteiger partial charge in [-0.3, -0.25) is 14.9 Å². The van der Waals surface area contributed by atoms with Gasteiger partial charge in [-0.15, -0.1) is 0 Å². The average Bonchev–Trinajstić information content (AvgIpc) is 2.32. The Labute approximate surface area is 113 Å². The van der Waals surface area contributed by atoms with Crippen LogP contribution in [-0.2, 0) is 14.3 Å². The van der Waals surface area contributed by atoms with E-state index in [4.69, 9.17) is 4.74 Å². The Kier molecular flexibility index (Phi) is 9.42. The minimum absolute atomic E-state index is 0.0193. The van der Waals surface area contributed by atoms with Crippen LogP contribution in [-0.4, -0.2) is 44.1 Å². The second-order valence-corrected chi connectivity index (χ2v) is 4.38. The lowest BCUT2D eigenvalue weighted by Gasteiger charge is -2.09. The van der Waals surface area contributed by atoms with Gasteiger partial charge in [-0.1, -0.05) is 13.8 Å². The zero-order valence-electron chi connectivity index (χ0n) is 11.7. The van der Waals surface area contributed by atoms with Crippen molar-refractivity contribution >= 4 is 17.9 Å². The van der Waals surface area contributed by atoms with Gasteiger partial charge in [0.2, 0.25) is 5.91 Å². The third-order valence-electron chi connectivity index (χ3n) is 2.02. The fraction of sp³-hybridized carbons (Fsp3) is 0.750. The second kappa shape index (κ2) is 10.3. The van der Waals surface area contributed by atoms with Crippen molar-refractivity contribution in [3.8, 4) is 0 Å². The number of nitrogens with one attached hydrogen (secondary N) is 3. The molecule has 0 radical (unpaired) electrons. The summed E-state index contributed by atoms with van der Waals surface area (Å²) in [5, 5.41) is 7.50. The Morgan fingerprint density at radius 3 is 2.47 bits per heavy atom. The van der Waals surface area contributed by atoms with Gasteiger partial charge in [0.05, 0.1) is 19.6 Å². The van der Waals surface area contributed by atoms with Gasteiger partial charge in [-0.2, -0.15) is 0 Å². The highest BCUT2D eigenvalue weighted by Gasteiger charge is 2.07. The summed E-state index contributed by atoms with van der Waals surface area (Å²) in [4.78, 5) is 33.5. The monoisotopic (exact) mass is 273 g/mol. The molecule has 0 unspecified atom stereocenters. The molecule has 19 heavy (non-hydrogen) atoms. The van der Waals surface area contributed by atoms with Gasteiger partial charge >= 0.3 is 12.0 Å². The average molecular weight is 273 g/mol. The Bertz CT molecular complexity index is 305. The molecule has 0 aromatic rings. The van der Waals surface area contributed by atoms with Gasteiger partial charge in [0.25, 0.3) is 0 Å². The molecule has 7 nitrogen and oxygen atoms in total. The first-order valence-electron chi connectivity index (χ1n) is 6.39.